The zero-order chi connectivity index (χ0) is 25.1. The van der Waals surface area contributed by atoms with Crippen molar-refractivity contribution in [3.05, 3.63) is 11.6 Å². The summed E-state index contributed by atoms with van der Waals surface area (Å²) in [5.74, 6) is 0.463. The molecule has 0 bridgehead atoms. The van der Waals surface area contributed by atoms with Crippen molar-refractivity contribution in [2.24, 2.45) is 50.2 Å². The van der Waals surface area contributed by atoms with Gasteiger partial charge in [0.1, 0.15) is 0 Å². The van der Waals surface area contributed by atoms with Crippen molar-refractivity contribution in [1.82, 2.24) is 0 Å². The lowest BCUT2D eigenvalue weighted by Crippen LogP contribution is -2.65. The van der Waals surface area contributed by atoms with Crippen LogP contribution in [-0.4, -0.2) is 33.5 Å². The van der Waals surface area contributed by atoms with Crippen LogP contribution in [0.4, 0.5) is 0 Å². The minimum atomic E-state index is -0.867. The molecule has 0 aromatic rings. The Morgan fingerprint density at radius 2 is 1.50 bits per heavy atom. The first-order valence-electron chi connectivity index (χ1n) is 13.9. The summed E-state index contributed by atoms with van der Waals surface area (Å²) in [5, 5.41) is 32.2. The summed E-state index contributed by atoms with van der Waals surface area (Å²) in [6.45, 7) is 16.2. The molecule has 192 valence electrons. The topological polar surface area (TPSA) is 77.8 Å². The van der Waals surface area contributed by atoms with E-state index in [1.54, 1.807) is 0 Å². The van der Waals surface area contributed by atoms with Crippen LogP contribution in [0.1, 0.15) is 106 Å². The van der Waals surface area contributed by atoms with Crippen LogP contribution in [0.15, 0.2) is 11.6 Å². The Kier molecular flexibility index (Phi) is 5.20. The fourth-order valence-electron chi connectivity index (χ4n) is 10.6. The molecular formula is C30H48O4. The van der Waals surface area contributed by atoms with Gasteiger partial charge >= 0.3 is 5.97 Å². The highest BCUT2D eigenvalue weighted by Gasteiger charge is 2.69. The van der Waals surface area contributed by atoms with E-state index in [1.165, 1.54) is 12.0 Å². The minimum absolute atomic E-state index is 0.0325. The molecule has 10 atom stereocenters. The Balaban J connectivity index is 1.59. The van der Waals surface area contributed by atoms with E-state index in [2.05, 4.69) is 47.6 Å². The second-order valence-electron chi connectivity index (χ2n) is 15.0. The van der Waals surface area contributed by atoms with Crippen molar-refractivity contribution < 1.29 is 20.1 Å². The lowest BCUT2D eigenvalue weighted by atomic mass is 9.33. The van der Waals surface area contributed by atoms with Gasteiger partial charge in [-0.3, -0.25) is 4.79 Å². The molecule has 4 heteroatoms. The van der Waals surface area contributed by atoms with E-state index in [0.717, 1.165) is 38.5 Å². The molecule has 5 aliphatic carbocycles. The van der Waals surface area contributed by atoms with Crippen molar-refractivity contribution in [1.29, 1.82) is 0 Å². The van der Waals surface area contributed by atoms with Gasteiger partial charge < -0.3 is 15.3 Å². The third-order valence-corrected chi connectivity index (χ3v) is 13.4. The number of carbonyl (C=O) groups is 1. The van der Waals surface area contributed by atoms with Gasteiger partial charge in [-0.15, -0.1) is 0 Å². The van der Waals surface area contributed by atoms with E-state index >= 15 is 0 Å². The van der Waals surface area contributed by atoms with E-state index < -0.39 is 17.5 Å². The molecule has 0 amide bonds. The lowest BCUT2D eigenvalue weighted by molar-refractivity contribution is -0.208. The number of allylic oxidation sites excluding steroid dienone is 2. The van der Waals surface area contributed by atoms with Gasteiger partial charge in [-0.05, 0) is 104 Å². The molecule has 4 nitrogen and oxygen atoms in total. The molecule has 4 fully saturated rings. The summed E-state index contributed by atoms with van der Waals surface area (Å²) in [6, 6.07) is 0. The standard InChI is InChI=1S/C30H48O4/c1-25(2)20-10-13-30(7)21(28(20,5)12-11-22(25)31)9-8-18-19-16-26(3,24(33)34)17-23(32)27(19,4)14-15-29(18,30)6/h8,19-23,31-32H,9-17H2,1-7H3,(H,33,34)/t19-,20-,21+,22+,23+,26-,27+,28-,29+,30+/m0/s1. The van der Waals surface area contributed by atoms with E-state index in [1.807, 2.05) is 6.92 Å². The van der Waals surface area contributed by atoms with Crippen LogP contribution < -0.4 is 0 Å². The monoisotopic (exact) mass is 472 g/mol. The van der Waals surface area contributed by atoms with Crippen molar-refractivity contribution in [3.8, 4) is 0 Å². The normalized spacial score (nSPS) is 56.3. The Morgan fingerprint density at radius 1 is 0.824 bits per heavy atom. The fourth-order valence-corrected chi connectivity index (χ4v) is 10.6. The molecule has 4 saturated carbocycles. The number of fused-ring (bicyclic) bond motifs is 7. The quantitative estimate of drug-likeness (QED) is 0.397. The number of rotatable bonds is 1. The third kappa shape index (κ3) is 2.82. The zero-order valence-corrected chi connectivity index (χ0v) is 22.6. The molecule has 0 saturated heterocycles. The smallest absolute Gasteiger partial charge is 0.309 e. The summed E-state index contributed by atoms with van der Waals surface area (Å²) < 4.78 is 0. The summed E-state index contributed by atoms with van der Waals surface area (Å²) >= 11 is 0. The first-order chi connectivity index (χ1) is 15.6. The average Bonchev–Trinajstić information content (AvgIpc) is 2.73. The number of aliphatic hydroxyl groups is 2. The van der Waals surface area contributed by atoms with Crippen LogP contribution in [0.25, 0.3) is 0 Å². The number of hydrogen-bond acceptors (Lipinski definition) is 3. The third-order valence-electron chi connectivity index (χ3n) is 13.4. The first-order valence-corrected chi connectivity index (χ1v) is 13.9. The van der Waals surface area contributed by atoms with Crippen LogP contribution in [0.5, 0.6) is 0 Å². The van der Waals surface area contributed by atoms with E-state index in [4.69, 9.17) is 0 Å². The molecule has 5 aliphatic rings. The van der Waals surface area contributed by atoms with Crippen molar-refractivity contribution >= 4 is 5.97 Å². The summed E-state index contributed by atoms with van der Waals surface area (Å²) in [6.07, 6.45) is 10.1. The number of carboxylic acids is 1. The Bertz CT molecular complexity index is 923. The minimum Gasteiger partial charge on any atom is -0.481 e. The molecule has 3 N–H and O–H groups in total. The molecule has 34 heavy (non-hydrogen) atoms. The Morgan fingerprint density at radius 3 is 2.15 bits per heavy atom. The van der Waals surface area contributed by atoms with Crippen molar-refractivity contribution in [3.63, 3.8) is 0 Å². The van der Waals surface area contributed by atoms with Crippen LogP contribution in [0.3, 0.4) is 0 Å². The zero-order valence-electron chi connectivity index (χ0n) is 22.6. The maximum absolute atomic E-state index is 12.3. The highest BCUT2D eigenvalue weighted by molar-refractivity contribution is 5.74. The van der Waals surface area contributed by atoms with Gasteiger partial charge in [-0.1, -0.05) is 53.2 Å². The lowest BCUT2D eigenvalue weighted by Gasteiger charge is -2.71. The van der Waals surface area contributed by atoms with Gasteiger partial charge in [0.05, 0.1) is 17.6 Å². The summed E-state index contributed by atoms with van der Waals surface area (Å²) in [5.41, 5.74) is 0.706. The summed E-state index contributed by atoms with van der Waals surface area (Å²) in [7, 11) is 0. The highest BCUT2D eigenvalue weighted by atomic mass is 16.4. The number of aliphatic carboxylic acids is 1. The fraction of sp³-hybridized carbons (Fsp3) is 0.900. The van der Waals surface area contributed by atoms with Crippen LogP contribution in [0, 0.1) is 50.2 Å². The largest absolute Gasteiger partial charge is 0.481 e. The summed E-state index contributed by atoms with van der Waals surface area (Å²) in [4.78, 5) is 12.3. The molecule has 0 aliphatic heterocycles. The van der Waals surface area contributed by atoms with Gasteiger partial charge in [0.25, 0.3) is 0 Å². The van der Waals surface area contributed by atoms with Crippen LogP contribution in [-0.2, 0) is 4.79 Å². The number of aliphatic hydroxyl groups excluding tert-OH is 2. The molecule has 0 unspecified atom stereocenters. The van der Waals surface area contributed by atoms with Crippen molar-refractivity contribution in [2.75, 3.05) is 0 Å². The predicted molar refractivity (Wildman–Crippen MR) is 134 cm³/mol. The molecule has 0 aromatic heterocycles. The van der Waals surface area contributed by atoms with E-state index in [9.17, 15) is 20.1 Å². The van der Waals surface area contributed by atoms with Gasteiger partial charge in [0, 0.05) is 5.41 Å². The average molecular weight is 473 g/mol. The Labute approximate surface area is 206 Å². The Hall–Kier alpha value is -0.870. The second kappa shape index (κ2) is 7.12. The van der Waals surface area contributed by atoms with Crippen LogP contribution in [0.2, 0.25) is 0 Å². The molecule has 0 heterocycles. The SMILES string of the molecule is CC1(C)[C@H](O)CC[C@]2(C)[C@H]3CC=C4[C@@H]5C[C@](C)(C(=O)O)C[C@@H](O)[C@]5(C)CC[C@@]4(C)[C@]3(C)CC[C@@H]12. The first kappa shape index (κ1) is 24.8. The molecule has 5 rings (SSSR count). The van der Waals surface area contributed by atoms with Gasteiger partial charge in [-0.25, -0.2) is 0 Å². The maximum atomic E-state index is 12.3. The molecule has 0 radical (unpaired) electrons. The van der Waals surface area contributed by atoms with E-state index in [-0.39, 0.29) is 39.1 Å². The van der Waals surface area contributed by atoms with Crippen LogP contribution >= 0.6 is 0 Å². The molecule has 0 spiro atoms. The molecule has 0 aromatic carbocycles. The number of hydrogen-bond donors (Lipinski definition) is 3. The highest BCUT2D eigenvalue weighted by Crippen LogP contribution is 2.75. The number of carboxylic acid groups (broad SMARTS) is 1. The van der Waals surface area contributed by atoms with Gasteiger partial charge in [0.2, 0.25) is 0 Å². The van der Waals surface area contributed by atoms with Gasteiger partial charge in [0.15, 0.2) is 0 Å². The molecular weight excluding hydrogens is 424 g/mol. The van der Waals surface area contributed by atoms with Gasteiger partial charge in [-0.2, -0.15) is 0 Å². The van der Waals surface area contributed by atoms with E-state index in [0.29, 0.717) is 24.7 Å². The predicted octanol–water partition coefficient (Wildman–Crippen LogP) is 6.20. The van der Waals surface area contributed by atoms with Crippen molar-refractivity contribution in [2.45, 2.75) is 118 Å². The second-order valence-corrected chi connectivity index (χ2v) is 15.0. The maximum Gasteiger partial charge on any atom is 0.309 e.